The second-order valence-corrected chi connectivity index (χ2v) is 6.43. The summed E-state index contributed by atoms with van der Waals surface area (Å²) in [4.78, 5) is 34.7. The highest BCUT2D eigenvalue weighted by Gasteiger charge is 2.32. The van der Waals surface area contributed by atoms with Crippen LogP contribution < -0.4 is 10.1 Å². The molecule has 128 valence electrons. The molecule has 7 nitrogen and oxygen atoms in total. The third-order valence-electron chi connectivity index (χ3n) is 3.85. The maximum Gasteiger partial charge on any atom is 0.269 e. The van der Waals surface area contributed by atoms with Gasteiger partial charge in [0.2, 0.25) is 0 Å². The minimum atomic E-state index is -0.563. The van der Waals surface area contributed by atoms with Crippen molar-refractivity contribution >= 4 is 23.1 Å². The SMILES string of the molecule is CC1(C)CC(=O)c2cc(C(=O)Nc3ccc([N+](=O)[O-])cc3)ccc2O1. The van der Waals surface area contributed by atoms with Crippen molar-refractivity contribution in [2.45, 2.75) is 25.9 Å². The summed E-state index contributed by atoms with van der Waals surface area (Å²) >= 11 is 0. The maximum atomic E-state index is 12.4. The van der Waals surface area contributed by atoms with Crippen LogP contribution in [0.1, 0.15) is 41.0 Å². The third-order valence-corrected chi connectivity index (χ3v) is 3.85. The molecule has 1 amide bonds. The lowest BCUT2D eigenvalue weighted by atomic mass is 9.92. The highest BCUT2D eigenvalue weighted by molar-refractivity contribution is 6.07. The van der Waals surface area contributed by atoms with E-state index in [1.807, 2.05) is 13.8 Å². The lowest BCUT2D eigenvalue weighted by Crippen LogP contribution is -2.36. The van der Waals surface area contributed by atoms with E-state index >= 15 is 0 Å². The first-order chi connectivity index (χ1) is 11.7. The number of nitrogens with zero attached hydrogens (tertiary/aromatic N) is 1. The molecule has 0 aliphatic carbocycles. The van der Waals surface area contributed by atoms with E-state index in [0.717, 1.165) is 0 Å². The van der Waals surface area contributed by atoms with E-state index in [9.17, 15) is 19.7 Å². The molecule has 1 N–H and O–H groups in total. The van der Waals surface area contributed by atoms with Gasteiger partial charge in [0.05, 0.1) is 16.9 Å². The Kier molecular flexibility index (Phi) is 4.00. The molecular weight excluding hydrogens is 324 g/mol. The van der Waals surface area contributed by atoms with Gasteiger partial charge in [0.25, 0.3) is 11.6 Å². The number of rotatable bonds is 3. The zero-order valence-corrected chi connectivity index (χ0v) is 13.7. The van der Waals surface area contributed by atoms with Crippen molar-refractivity contribution in [3.63, 3.8) is 0 Å². The Bertz CT molecular complexity index is 872. The molecule has 0 saturated heterocycles. The van der Waals surface area contributed by atoms with Crippen LogP contribution in [-0.2, 0) is 0 Å². The summed E-state index contributed by atoms with van der Waals surface area (Å²) in [5, 5.41) is 13.3. The van der Waals surface area contributed by atoms with Crippen LogP contribution in [0.5, 0.6) is 5.75 Å². The minimum absolute atomic E-state index is 0.0582. The second-order valence-electron chi connectivity index (χ2n) is 6.43. The monoisotopic (exact) mass is 340 g/mol. The van der Waals surface area contributed by atoms with E-state index < -0.39 is 16.4 Å². The fourth-order valence-electron chi connectivity index (χ4n) is 2.66. The Labute approximate surface area is 143 Å². The predicted octanol–water partition coefficient (Wildman–Crippen LogP) is 3.59. The summed E-state index contributed by atoms with van der Waals surface area (Å²) in [6.45, 7) is 3.67. The van der Waals surface area contributed by atoms with Crippen LogP contribution in [0.2, 0.25) is 0 Å². The van der Waals surface area contributed by atoms with Crippen LogP contribution in [0.25, 0.3) is 0 Å². The van der Waals surface area contributed by atoms with Crippen LogP contribution in [0, 0.1) is 10.1 Å². The van der Waals surface area contributed by atoms with Gasteiger partial charge in [-0.15, -0.1) is 0 Å². The summed E-state index contributed by atoms with van der Waals surface area (Å²) in [6, 6.07) is 10.2. The Morgan fingerprint density at radius 3 is 2.52 bits per heavy atom. The first-order valence-corrected chi connectivity index (χ1v) is 7.67. The van der Waals surface area contributed by atoms with Crippen molar-refractivity contribution in [3.8, 4) is 5.75 Å². The zero-order valence-electron chi connectivity index (χ0n) is 13.7. The fourth-order valence-corrected chi connectivity index (χ4v) is 2.66. The molecule has 2 aromatic carbocycles. The van der Waals surface area contributed by atoms with Gasteiger partial charge in [0.15, 0.2) is 5.78 Å². The first kappa shape index (κ1) is 16.6. The highest BCUT2D eigenvalue weighted by Crippen LogP contribution is 2.33. The number of nitro groups is 1. The number of benzene rings is 2. The van der Waals surface area contributed by atoms with Crippen LogP contribution in [-0.4, -0.2) is 22.2 Å². The summed E-state index contributed by atoms with van der Waals surface area (Å²) in [5.74, 6) is -0.0151. The number of hydrogen-bond acceptors (Lipinski definition) is 5. The second kappa shape index (κ2) is 6.01. The van der Waals surface area contributed by atoms with Gasteiger partial charge >= 0.3 is 0 Å². The molecule has 1 heterocycles. The van der Waals surface area contributed by atoms with Crippen LogP contribution in [0.15, 0.2) is 42.5 Å². The Hall–Kier alpha value is -3.22. The Morgan fingerprint density at radius 1 is 1.20 bits per heavy atom. The number of amides is 1. The molecule has 25 heavy (non-hydrogen) atoms. The summed E-state index contributed by atoms with van der Waals surface area (Å²) < 4.78 is 5.76. The lowest BCUT2D eigenvalue weighted by Gasteiger charge is -2.31. The molecule has 0 atom stereocenters. The number of anilines is 1. The van der Waals surface area contributed by atoms with E-state index in [-0.39, 0.29) is 17.9 Å². The van der Waals surface area contributed by atoms with E-state index in [1.165, 1.54) is 30.3 Å². The van der Waals surface area contributed by atoms with Crippen molar-refractivity contribution < 1.29 is 19.2 Å². The molecule has 7 heteroatoms. The average molecular weight is 340 g/mol. The standard InChI is InChI=1S/C18H16N2O5/c1-18(2)10-15(21)14-9-11(3-8-16(14)25-18)17(22)19-12-4-6-13(7-5-12)20(23)24/h3-9H,10H2,1-2H3,(H,19,22). The third kappa shape index (κ3) is 3.50. The molecule has 1 aliphatic heterocycles. The number of non-ortho nitro benzene ring substituents is 1. The van der Waals surface area contributed by atoms with E-state index in [0.29, 0.717) is 22.6 Å². The molecule has 0 fully saturated rings. The molecular formula is C18H16N2O5. The summed E-state index contributed by atoms with van der Waals surface area (Å²) in [5.41, 5.74) is 0.505. The smallest absolute Gasteiger partial charge is 0.269 e. The van der Waals surface area contributed by atoms with Gasteiger partial charge in [0.1, 0.15) is 11.4 Å². The molecule has 2 aromatic rings. The molecule has 0 bridgehead atoms. The zero-order chi connectivity index (χ0) is 18.2. The molecule has 0 saturated carbocycles. The number of Topliss-reactive ketones (excluding diaryl/α,β-unsaturated/α-hetero) is 1. The largest absolute Gasteiger partial charge is 0.487 e. The average Bonchev–Trinajstić information content (AvgIpc) is 2.54. The lowest BCUT2D eigenvalue weighted by molar-refractivity contribution is -0.384. The van der Waals surface area contributed by atoms with Gasteiger partial charge in [-0.3, -0.25) is 19.7 Å². The Balaban J connectivity index is 1.80. The van der Waals surface area contributed by atoms with Crippen LogP contribution >= 0.6 is 0 Å². The minimum Gasteiger partial charge on any atom is -0.487 e. The number of carbonyl (C=O) groups is 2. The predicted molar refractivity (Wildman–Crippen MR) is 91.1 cm³/mol. The summed E-state index contributed by atoms with van der Waals surface area (Å²) in [6.07, 6.45) is 0.243. The maximum absolute atomic E-state index is 12.4. The normalized spacial score (nSPS) is 15.0. The van der Waals surface area contributed by atoms with Gasteiger partial charge in [-0.2, -0.15) is 0 Å². The van der Waals surface area contributed by atoms with Crippen molar-refractivity contribution in [3.05, 3.63) is 63.7 Å². The quantitative estimate of drug-likeness (QED) is 0.680. The number of nitro benzene ring substituents is 1. The van der Waals surface area contributed by atoms with Gasteiger partial charge in [-0.05, 0) is 44.2 Å². The number of hydrogen-bond donors (Lipinski definition) is 1. The van der Waals surface area contributed by atoms with Crippen molar-refractivity contribution in [2.24, 2.45) is 0 Å². The van der Waals surface area contributed by atoms with Gasteiger partial charge in [0, 0.05) is 23.4 Å². The molecule has 0 radical (unpaired) electrons. The van der Waals surface area contributed by atoms with E-state index in [4.69, 9.17) is 4.74 Å². The number of carbonyl (C=O) groups excluding carboxylic acids is 2. The first-order valence-electron chi connectivity index (χ1n) is 7.67. The van der Waals surface area contributed by atoms with Crippen LogP contribution in [0.4, 0.5) is 11.4 Å². The summed E-state index contributed by atoms with van der Waals surface area (Å²) in [7, 11) is 0. The number of nitrogens with one attached hydrogen (secondary N) is 1. The number of ketones is 1. The molecule has 0 aromatic heterocycles. The molecule has 3 rings (SSSR count). The highest BCUT2D eigenvalue weighted by atomic mass is 16.6. The van der Waals surface area contributed by atoms with E-state index in [1.54, 1.807) is 12.1 Å². The van der Waals surface area contributed by atoms with Crippen molar-refractivity contribution in [2.75, 3.05) is 5.32 Å². The number of fused-ring (bicyclic) bond motifs is 1. The van der Waals surface area contributed by atoms with Gasteiger partial charge < -0.3 is 10.1 Å². The topological polar surface area (TPSA) is 98.5 Å². The Morgan fingerprint density at radius 2 is 1.88 bits per heavy atom. The fraction of sp³-hybridized carbons (Fsp3) is 0.222. The molecule has 1 aliphatic rings. The van der Waals surface area contributed by atoms with Crippen molar-refractivity contribution in [1.29, 1.82) is 0 Å². The molecule has 0 spiro atoms. The van der Waals surface area contributed by atoms with E-state index in [2.05, 4.69) is 5.32 Å². The van der Waals surface area contributed by atoms with Crippen molar-refractivity contribution in [1.82, 2.24) is 0 Å². The van der Waals surface area contributed by atoms with Crippen LogP contribution in [0.3, 0.4) is 0 Å². The molecule has 0 unspecified atom stereocenters. The van der Waals surface area contributed by atoms with Gasteiger partial charge in [-0.1, -0.05) is 0 Å². The van der Waals surface area contributed by atoms with Gasteiger partial charge in [-0.25, -0.2) is 0 Å². The number of ether oxygens (including phenoxy) is 1.